The fourth-order valence-corrected chi connectivity index (χ4v) is 2.74. The van der Waals surface area contributed by atoms with Crippen LogP contribution < -0.4 is 10.1 Å². The number of amides is 1. The molecule has 0 saturated carbocycles. The number of rotatable bonds is 8. The van der Waals surface area contributed by atoms with E-state index in [0.29, 0.717) is 22.9 Å². The average Bonchev–Trinajstić information content (AvgIpc) is 2.65. The van der Waals surface area contributed by atoms with Crippen molar-refractivity contribution in [3.8, 4) is 11.8 Å². The van der Waals surface area contributed by atoms with Gasteiger partial charge in [-0.25, -0.2) is 0 Å². The first-order valence-electron chi connectivity index (χ1n) is 8.89. The van der Waals surface area contributed by atoms with Crippen LogP contribution in [-0.4, -0.2) is 18.6 Å². The van der Waals surface area contributed by atoms with E-state index in [9.17, 15) is 10.1 Å². The summed E-state index contributed by atoms with van der Waals surface area (Å²) in [7, 11) is 0. The van der Waals surface area contributed by atoms with Gasteiger partial charge in [0.1, 0.15) is 17.4 Å². The van der Waals surface area contributed by atoms with Crippen LogP contribution in [0.3, 0.4) is 0 Å². The highest BCUT2D eigenvalue weighted by Gasteiger charge is 2.10. The summed E-state index contributed by atoms with van der Waals surface area (Å²) in [6.45, 7) is 4.34. The second kappa shape index (κ2) is 10.4. The van der Waals surface area contributed by atoms with Crippen LogP contribution in [0.2, 0.25) is 5.02 Å². The van der Waals surface area contributed by atoms with Crippen molar-refractivity contribution in [3.05, 3.63) is 70.3 Å². The first kappa shape index (κ1) is 20.5. The van der Waals surface area contributed by atoms with E-state index in [2.05, 4.69) is 17.4 Å². The van der Waals surface area contributed by atoms with Crippen molar-refractivity contribution >= 4 is 23.6 Å². The largest absolute Gasteiger partial charge is 0.489 e. The van der Waals surface area contributed by atoms with Crippen LogP contribution in [0.25, 0.3) is 6.08 Å². The Kier molecular flexibility index (Phi) is 7.91. The normalized spacial score (nSPS) is 11.1. The standard InChI is InChI=1S/C22H23ClN2O2/c1-16(2)27-21-11-10-18(14-20(21)23)13-19(15-24)22(26)25-12-6-9-17-7-4-3-5-8-17/h3-5,7-8,10-11,13-14,16H,6,9,12H2,1-2H3,(H,25,26)/b19-13-. The molecule has 0 heterocycles. The lowest BCUT2D eigenvalue weighted by Crippen LogP contribution is -2.25. The molecule has 4 nitrogen and oxygen atoms in total. The van der Waals surface area contributed by atoms with Gasteiger partial charge in [-0.05, 0) is 56.0 Å². The van der Waals surface area contributed by atoms with E-state index in [4.69, 9.17) is 16.3 Å². The molecule has 0 radical (unpaired) electrons. The van der Waals surface area contributed by atoms with Gasteiger partial charge in [-0.15, -0.1) is 0 Å². The van der Waals surface area contributed by atoms with E-state index in [0.717, 1.165) is 12.8 Å². The summed E-state index contributed by atoms with van der Waals surface area (Å²) in [5.74, 6) is 0.192. The fraction of sp³-hybridized carbons (Fsp3) is 0.273. The molecule has 27 heavy (non-hydrogen) atoms. The summed E-state index contributed by atoms with van der Waals surface area (Å²) in [5.41, 5.74) is 1.94. The summed E-state index contributed by atoms with van der Waals surface area (Å²) < 4.78 is 5.58. The third kappa shape index (κ3) is 6.80. The first-order chi connectivity index (χ1) is 13.0. The summed E-state index contributed by atoms with van der Waals surface area (Å²) in [5, 5.41) is 12.5. The molecule has 0 aliphatic heterocycles. The minimum atomic E-state index is -0.385. The van der Waals surface area contributed by atoms with Crippen molar-refractivity contribution in [2.75, 3.05) is 6.54 Å². The third-order valence-electron chi connectivity index (χ3n) is 3.77. The molecule has 0 aliphatic carbocycles. The van der Waals surface area contributed by atoms with Crippen LogP contribution in [0, 0.1) is 11.3 Å². The second-order valence-electron chi connectivity index (χ2n) is 6.37. The summed E-state index contributed by atoms with van der Waals surface area (Å²) in [6.07, 6.45) is 3.22. The number of aryl methyl sites for hydroxylation is 1. The molecule has 0 saturated heterocycles. The number of benzene rings is 2. The molecule has 0 atom stereocenters. The number of nitrogens with zero attached hydrogens (tertiary/aromatic N) is 1. The smallest absolute Gasteiger partial charge is 0.261 e. The molecule has 0 aliphatic rings. The minimum Gasteiger partial charge on any atom is -0.489 e. The van der Waals surface area contributed by atoms with Gasteiger partial charge in [0.05, 0.1) is 11.1 Å². The topological polar surface area (TPSA) is 62.1 Å². The second-order valence-corrected chi connectivity index (χ2v) is 6.78. The molecule has 0 aromatic heterocycles. The van der Waals surface area contributed by atoms with Crippen LogP contribution >= 0.6 is 11.6 Å². The van der Waals surface area contributed by atoms with Crippen LogP contribution in [0.15, 0.2) is 54.1 Å². The van der Waals surface area contributed by atoms with Crippen molar-refractivity contribution in [2.24, 2.45) is 0 Å². The number of hydrogen-bond donors (Lipinski definition) is 1. The molecule has 0 bridgehead atoms. The molecule has 0 unspecified atom stereocenters. The van der Waals surface area contributed by atoms with Crippen LogP contribution in [0.1, 0.15) is 31.4 Å². The lowest BCUT2D eigenvalue weighted by molar-refractivity contribution is -0.117. The fourth-order valence-electron chi connectivity index (χ4n) is 2.51. The van der Waals surface area contributed by atoms with E-state index in [-0.39, 0.29) is 17.6 Å². The quantitative estimate of drug-likeness (QED) is 0.406. The minimum absolute atomic E-state index is 0.0141. The molecule has 1 amide bonds. The Morgan fingerprint density at radius 3 is 2.63 bits per heavy atom. The number of ether oxygens (including phenoxy) is 1. The number of nitrogens with one attached hydrogen (secondary N) is 1. The summed E-state index contributed by atoms with van der Waals surface area (Å²) in [6, 6.07) is 17.2. The maximum Gasteiger partial charge on any atom is 0.261 e. The number of halogens is 1. The Morgan fingerprint density at radius 1 is 1.26 bits per heavy atom. The van der Waals surface area contributed by atoms with Gasteiger partial charge in [0.25, 0.3) is 5.91 Å². The number of nitriles is 1. The highest BCUT2D eigenvalue weighted by atomic mass is 35.5. The molecular formula is C22H23ClN2O2. The highest BCUT2D eigenvalue weighted by Crippen LogP contribution is 2.27. The number of hydrogen-bond acceptors (Lipinski definition) is 3. The lowest BCUT2D eigenvalue weighted by atomic mass is 10.1. The zero-order valence-corrected chi connectivity index (χ0v) is 16.3. The molecular weight excluding hydrogens is 360 g/mol. The van der Waals surface area contributed by atoms with E-state index in [1.165, 1.54) is 11.6 Å². The van der Waals surface area contributed by atoms with Crippen molar-refractivity contribution in [2.45, 2.75) is 32.8 Å². The summed E-state index contributed by atoms with van der Waals surface area (Å²) >= 11 is 6.20. The van der Waals surface area contributed by atoms with Crippen LogP contribution in [0.4, 0.5) is 0 Å². The molecule has 140 valence electrons. The molecule has 1 N–H and O–H groups in total. The number of carbonyl (C=O) groups is 1. The molecule has 5 heteroatoms. The third-order valence-corrected chi connectivity index (χ3v) is 4.06. The molecule has 2 rings (SSSR count). The zero-order chi connectivity index (χ0) is 19.6. The van der Waals surface area contributed by atoms with Gasteiger partial charge in [-0.3, -0.25) is 4.79 Å². The lowest BCUT2D eigenvalue weighted by Gasteiger charge is -2.11. The molecule has 2 aromatic rings. The van der Waals surface area contributed by atoms with Gasteiger partial charge in [-0.1, -0.05) is 48.0 Å². The Bertz CT molecular complexity index is 839. The van der Waals surface area contributed by atoms with Gasteiger partial charge in [0, 0.05) is 6.54 Å². The van der Waals surface area contributed by atoms with E-state index in [1.807, 2.05) is 38.1 Å². The van der Waals surface area contributed by atoms with Crippen molar-refractivity contribution in [1.29, 1.82) is 5.26 Å². The predicted molar refractivity (Wildman–Crippen MR) is 109 cm³/mol. The maximum atomic E-state index is 12.2. The average molecular weight is 383 g/mol. The highest BCUT2D eigenvalue weighted by molar-refractivity contribution is 6.32. The SMILES string of the molecule is CC(C)Oc1ccc(/C=C(/C#N)C(=O)NCCCc2ccccc2)cc1Cl. The van der Waals surface area contributed by atoms with E-state index in [1.54, 1.807) is 18.2 Å². The van der Waals surface area contributed by atoms with E-state index < -0.39 is 0 Å². The first-order valence-corrected chi connectivity index (χ1v) is 9.27. The zero-order valence-electron chi connectivity index (χ0n) is 15.5. The van der Waals surface area contributed by atoms with Crippen molar-refractivity contribution in [3.63, 3.8) is 0 Å². The Morgan fingerprint density at radius 2 is 2.00 bits per heavy atom. The van der Waals surface area contributed by atoms with Crippen LogP contribution in [-0.2, 0) is 11.2 Å². The van der Waals surface area contributed by atoms with Crippen molar-refractivity contribution < 1.29 is 9.53 Å². The monoisotopic (exact) mass is 382 g/mol. The van der Waals surface area contributed by atoms with Gasteiger partial charge < -0.3 is 10.1 Å². The van der Waals surface area contributed by atoms with Gasteiger partial charge in [0.2, 0.25) is 0 Å². The Balaban J connectivity index is 1.93. The van der Waals surface area contributed by atoms with Crippen molar-refractivity contribution in [1.82, 2.24) is 5.32 Å². The summed E-state index contributed by atoms with van der Waals surface area (Å²) in [4.78, 5) is 12.2. The van der Waals surface area contributed by atoms with Gasteiger partial charge in [0.15, 0.2) is 0 Å². The molecule has 0 spiro atoms. The predicted octanol–water partition coefficient (Wildman–Crippen LogP) is 4.78. The number of carbonyl (C=O) groups excluding carboxylic acids is 1. The molecule has 2 aromatic carbocycles. The van der Waals surface area contributed by atoms with Gasteiger partial charge in [-0.2, -0.15) is 5.26 Å². The van der Waals surface area contributed by atoms with Gasteiger partial charge >= 0.3 is 0 Å². The maximum absolute atomic E-state index is 12.2. The Hall–Kier alpha value is -2.77. The van der Waals surface area contributed by atoms with E-state index >= 15 is 0 Å². The van der Waals surface area contributed by atoms with Crippen LogP contribution in [0.5, 0.6) is 5.75 Å². The Labute approximate surface area is 165 Å². The molecule has 0 fully saturated rings.